The van der Waals surface area contributed by atoms with Gasteiger partial charge in [-0.05, 0) is 112 Å². The van der Waals surface area contributed by atoms with Crippen LogP contribution in [-0.4, -0.2) is 0 Å². The number of rotatable bonds is 2. The van der Waals surface area contributed by atoms with Crippen LogP contribution in [0.15, 0.2) is 133 Å². The van der Waals surface area contributed by atoms with E-state index in [1.807, 2.05) is 0 Å². The molecule has 46 heavy (non-hydrogen) atoms. The van der Waals surface area contributed by atoms with Crippen molar-refractivity contribution in [3.05, 3.63) is 161 Å². The average Bonchev–Trinajstić information content (AvgIpc) is 3.62. The van der Waals surface area contributed by atoms with E-state index in [1.165, 1.54) is 88.7 Å². The number of hydrogen-bond donors (Lipinski definition) is 0. The summed E-state index contributed by atoms with van der Waals surface area (Å²) in [6.07, 6.45) is 7.40. The van der Waals surface area contributed by atoms with Gasteiger partial charge in [0.25, 0.3) is 0 Å². The van der Waals surface area contributed by atoms with Gasteiger partial charge < -0.3 is 0 Å². The van der Waals surface area contributed by atoms with Crippen molar-refractivity contribution in [1.29, 1.82) is 0 Å². The Morgan fingerprint density at radius 1 is 0.500 bits per heavy atom. The fourth-order valence-corrected chi connectivity index (χ4v) is 9.53. The molecule has 0 heterocycles. The Balaban J connectivity index is 1.05. The van der Waals surface area contributed by atoms with Gasteiger partial charge in [0.2, 0.25) is 0 Å². The largest absolute Gasteiger partial charge is 0.0758 e. The fraction of sp³-hybridized carbons (Fsp3) is 0.174. The first-order valence-corrected chi connectivity index (χ1v) is 16.8. The second-order valence-corrected chi connectivity index (χ2v) is 14.9. The lowest BCUT2D eigenvalue weighted by Crippen LogP contribution is -2.25. The van der Waals surface area contributed by atoms with Crippen molar-refractivity contribution in [2.45, 2.75) is 44.4 Å². The minimum Gasteiger partial charge on any atom is -0.0758 e. The lowest BCUT2D eigenvalue weighted by atomic mass is 9.72. The Morgan fingerprint density at radius 3 is 1.89 bits per heavy atom. The summed E-state index contributed by atoms with van der Waals surface area (Å²) in [5.74, 6) is 0.931. The van der Waals surface area contributed by atoms with Crippen LogP contribution in [0.2, 0.25) is 0 Å². The van der Waals surface area contributed by atoms with Crippen LogP contribution in [0, 0.1) is 5.92 Å². The molecular formula is C46H36. The smallest absolute Gasteiger partial charge is 0.0159 e. The van der Waals surface area contributed by atoms with Gasteiger partial charge in [-0.3, -0.25) is 0 Å². The number of allylic oxidation sites excluding steroid dienone is 4. The summed E-state index contributed by atoms with van der Waals surface area (Å²) in [6, 6.07) is 43.8. The fourth-order valence-electron chi connectivity index (χ4n) is 9.53. The molecule has 0 aliphatic heterocycles. The van der Waals surface area contributed by atoms with Crippen molar-refractivity contribution < 1.29 is 0 Å². The van der Waals surface area contributed by atoms with Crippen LogP contribution >= 0.6 is 0 Å². The van der Waals surface area contributed by atoms with Gasteiger partial charge in [-0.25, -0.2) is 0 Å². The van der Waals surface area contributed by atoms with Gasteiger partial charge in [-0.1, -0.05) is 149 Å². The molecule has 0 saturated heterocycles. The predicted molar refractivity (Wildman–Crippen MR) is 194 cm³/mol. The first-order valence-electron chi connectivity index (χ1n) is 16.8. The molecule has 10 rings (SSSR count). The zero-order valence-corrected chi connectivity index (χ0v) is 26.9. The van der Waals surface area contributed by atoms with Crippen molar-refractivity contribution in [2.24, 2.45) is 5.92 Å². The van der Waals surface area contributed by atoms with E-state index in [-0.39, 0.29) is 10.8 Å². The molecule has 0 radical (unpaired) electrons. The molecule has 6 aromatic rings. The highest BCUT2D eigenvalue weighted by atomic mass is 14.5. The van der Waals surface area contributed by atoms with Gasteiger partial charge >= 0.3 is 0 Å². The highest BCUT2D eigenvalue weighted by Crippen LogP contribution is 2.56. The molecule has 4 aliphatic carbocycles. The van der Waals surface area contributed by atoms with Crippen LogP contribution in [0.3, 0.4) is 0 Å². The topological polar surface area (TPSA) is 0 Å². The predicted octanol–water partition coefficient (Wildman–Crippen LogP) is 12.1. The first-order chi connectivity index (χ1) is 22.3. The van der Waals surface area contributed by atoms with E-state index in [9.17, 15) is 0 Å². The maximum Gasteiger partial charge on any atom is 0.0159 e. The summed E-state index contributed by atoms with van der Waals surface area (Å²) >= 11 is 0. The third kappa shape index (κ3) is 3.29. The standard InChI is InChI=1S/C46H36/c1-45(2)40-15-8-7-12-33(40)34-19-16-27(24-41(34)45)28-17-20-35-36-21-18-29(26-43(36)46(3,4)42(35)25-28)30-22-23-39-32-11-6-5-10-31(32)38-14-9-13-37(30)44(38)39/h5-26,34,41H,1-4H3. The van der Waals surface area contributed by atoms with Crippen LogP contribution in [0.5, 0.6) is 0 Å². The van der Waals surface area contributed by atoms with E-state index in [1.54, 1.807) is 0 Å². The van der Waals surface area contributed by atoms with E-state index >= 15 is 0 Å². The molecule has 0 heteroatoms. The maximum atomic E-state index is 2.56. The second-order valence-electron chi connectivity index (χ2n) is 14.9. The molecule has 0 N–H and O–H groups in total. The highest BCUT2D eigenvalue weighted by molar-refractivity contribution is 6.18. The van der Waals surface area contributed by atoms with Crippen LogP contribution in [0.4, 0.5) is 0 Å². The molecular weight excluding hydrogens is 553 g/mol. The molecule has 0 fully saturated rings. The summed E-state index contributed by atoms with van der Waals surface area (Å²) in [7, 11) is 0. The minimum atomic E-state index is -0.0911. The Hall–Kier alpha value is -4.94. The Bertz CT molecular complexity index is 2340. The van der Waals surface area contributed by atoms with E-state index in [2.05, 4.69) is 161 Å². The van der Waals surface area contributed by atoms with Crippen molar-refractivity contribution in [3.63, 3.8) is 0 Å². The van der Waals surface area contributed by atoms with Crippen LogP contribution in [0.25, 0.3) is 60.9 Å². The van der Waals surface area contributed by atoms with Crippen LogP contribution in [-0.2, 0) is 10.8 Å². The van der Waals surface area contributed by atoms with E-state index < -0.39 is 0 Å². The number of fused-ring (bicyclic) bond motifs is 9. The Labute approximate surface area is 271 Å². The van der Waals surface area contributed by atoms with Gasteiger partial charge in [-0.2, -0.15) is 0 Å². The minimum absolute atomic E-state index is 0.0911. The van der Waals surface area contributed by atoms with E-state index in [0.29, 0.717) is 11.8 Å². The molecule has 0 bridgehead atoms. The van der Waals surface area contributed by atoms with Gasteiger partial charge in [0, 0.05) is 11.3 Å². The zero-order valence-electron chi connectivity index (χ0n) is 26.9. The molecule has 2 unspecified atom stereocenters. The lowest BCUT2D eigenvalue weighted by Gasteiger charge is -2.31. The average molecular weight is 589 g/mol. The van der Waals surface area contributed by atoms with Gasteiger partial charge in [-0.15, -0.1) is 0 Å². The lowest BCUT2D eigenvalue weighted by molar-refractivity contribution is 0.395. The summed E-state index contributed by atoms with van der Waals surface area (Å²) in [6.45, 7) is 9.66. The molecule has 0 nitrogen and oxygen atoms in total. The van der Waals surface area contributed by atoms with Gasteiger partial charge in [0.05, 0.1) is 0 Å². The Morgan fingerprint density at radius 2 is 1.11 bits per heavy atom. The monoisotopic (exact) mass is 588 g/mol. The number of hydrogen-bond acceptors (Lipinski definition) is 0. The molecule has 0 saturated carbocycles. The van der Waals surface area contributed by atoms with Crippen LogP contribution in [0.1, 0.15) is 61.4 Å². The molecule has 2 atom stereocenters. The van der Waals surface area contributed by atoms with Crippen molar-refractivity contribution >= 4 is 16.3 Å². The molecule has 220 valence electrons. The summed E-state index contributed by atoms with van der Waals surface area (Å²) in [5, 5.41) is 2.73. The van der Waals surface area contributed by atoms with Crippen LogP contribution < -0.4 is 0 Å². The maximum absolute atomic E-state index is 2.56. The summed E-state index contributed by atoms with van der Waals surface area (Å²) in [4.78, 5) is 0. The quantitative estimate of drug-likeness (QED) is 0.188. The second kappa shape index (κ2) is 8.86. The van der Waals surface area contributed by atoms with Crippen molar-refractivity contribution in [1.82, 2.24) is 0 Å². The van der Waals surface area contributed by atoms with E-state index in [4.69, 9.17) is 0 Å². The van der Waals surface area contributed by atoms with Crippen molar-refractivity contribution in [3.8, 4) is 44.5 Å². The molecule has 6 aromatic carbocycles. The summed E-state index contributed by atoms with van der Waals surface area (Å²) in [5.41, 5.74) is 19.3. The van der Waals surface area contributed by atoms with Gasteiger partial charge in [0.1, 0.15) is 0 Å². The third-order valence-electron chi connectivity index (χ3n) is 11.9. The summed E-state index contributed by atoms with van der Waals surface area (Å²) < 4.78 is 0. The van der Waals surface area contributed by atoms with E-state index in [0.717, 1.165) is 0 Å². The highest BCUT2D eigenvalue weighted by Gasteiger charge is 2.45. The molecule has 0 aromatic heterocycles. The van der Waals surface area contributed by atoms with Crippen molar-refractivity contribution in [2.75, 3.05) is 0 Å². The normalized spacial score (nSPS) is 20.1. The molecule has 0 amide bonds. The third-order valence-corrected chi connectivity index (χ3v) is 11.9. The molecule has 4 aliphatic rings. The molecule has 0 spiro atoms. The van der Waals surface area contributed by atoms with Gasteiger partial charge in [0.15, 0.2) is 0 Å². The Kier molecular flexibility index (Phi) is 5.06. The SMILES string of the molecule is CC1(C)c2cc(C3=CC4C(C=C3)c3ccccc3C4(C)C)ccc2-c2ccc(-c3ccc4c5c(cccc35)-c3ccccc3-4)cc21. The zero-order chi connectivity index (χ0) is 30.9. The first kappa shape index (κ1) is 26.3. The number of benzene rings is 6.